The van der Waals surface area contributed by atoms with Crippen LogP contribution in [0.15, 0.2) is 53.5 Å². The van der Waals surface area contributed by atoms with Crippen LogP contribution in [-0.2, 0) is 0 Å². The topological polar surface area (TPSA) is 12.4 Å². The Bertz CT molecular complexity index is 592. The van der Waals surface area contributed by atoms with Gasteiger partial charge in [-0.2, -0.15) is 4.99 Å². The van der Waals surface area contributed by atoms with Gasteiger partial charge in [-0.3, -0.25) is 0 Å². The Morgan fingerprint density at radius 3 is 2.05 bits per heavy atom. The van der Waals surface area contributed by atoms with Crippen LogP contribution < -0.4 is 0 Å². The van der Waals surface area contributed by atoms with E-state index in [-0.39, 0.29) is 0 Å². The van der Waals surface area contributed by atoms with E-state index in [0.717, 1.165) is 5.69 Å². The molecule has 1 atom stereocenters. The molecule has 0 bridgehead atoms. The van der Waals surface area contributed by atoms with E-state index >= 15 is 0 Å². The van der Waals surface area contributed by atoms with Gasteiger partial charge in [0.25, 0.3) is 0 Å². The molecule has 0 saturated carbocycles. The fourth-order valence-electron chi connectivity index (χ4n) is 2.38. The second-order valence-corrected chi connectivity index (χ2v) is 5.24. The van der Waals surface area contributed by atoms with Crippen molar-refractivity contribution >= 4 is 23.1 Å². The van der Waals surface area contributed by atoms with E-state index in [9.17, 15) is 0 Å². The number of aliphatic imine (C=N–C) groups is 1. The smallest absolute Gasteiger partial charge is 0.0739 e. The molecule has 0 aromatic heterocycles. The van der Waals surface area contributed by atoms with E-state index in [1.54, 1.807) is 0 Å². The Hall–Kier alpha value is -1.76. The number of hydrogen-bond donors (Lipinski definition) is 0. The first kappa shape index (κ1) is 14.6. The SMILES string of the molecule is CCCC(C)c1ccc(-c2ccc(N=C=S)cc2)cc1. The molecule has 0 heterocycles. The van der Waals surface area contributed by atoms with Gasteiger partial charge in [0.1, 0.15) is 0 Å². The highest BCUT2D eigenvalue weighted by molar-refractivity contribution is 7.78. The summed E-state index contributed by atoms with van der Waals surface area (Å²) in [7, 11) is 0. The standard InChI is InChI=1S/C18H19NS/c1-3-4-14(2)15-5-7-16(8-6-15)17-9-11-18(12-10-17)19-13-20/h5-12,14H,3-4H2,1-2H3. The second-order valence-electron chi connectivity index (χ2n) is 5.06. The molecule has 0 aliphatic heterocycles. The molecule has 2 aromatic rings. The predicted molar refractivity (Wildman–Crippen MR) is 89.9 cm³/mol. The van der Waals surface area contributed by atoms with Crippen molar-refractivity contribution < 1.29 is 0 Å². The van der Waals surface area contributed by atoms with Crippen LogP contribution in [0.1, 0.15) is 38.2 Å². The van der Waals surface area contributed by atoms with E-state index in [1.165, 1.54) is 29.5 Å². The quantitative estimate of drug-likeness (QED) is 0.484. The average molecular weight is 281 g/mol. The lowest BCUT2D eigenvalue weighted by atomic mass is 9.94. The van der Waals surface area contributed by atoms with Gasteiger partial charge in [0.05, 0.1) is 10.8 Å². The number of benzene rings is 2. The number of nitrogens with zero attached hydrogens (tertiary/aromatic N) is 1. The molecule has 0 amide bonds. The highest BCUT2D eigenvalue weighted by Crippen LogP contribution is 2.26. The summed E-state index contributed by atoms with van der Waals surface area (Å²) < 4.78 is 0. The Balaban J connectivity index is 2.19. The van der Waals surface area contributed by atoms with Gasteiger partial charge in [-0.05, 0) is 53.4 Å². The summed E-state index contributed by atoms with van der Waals surface area (Å²) in [5.74, 6) is 0.633. The first-order valence-electron chi connectivity index (χ1n) is 7.03. The summed E-state index contributed by atoms with van der Waals surface area (Å²) in [4.78, 5) is 3.96. The molecular formula is C18H19NS. The minimum atomic E-state index is 0.633. The van der Waals surface area contributed by atoms with E-state index in [1.807, 2.05) is 12.1 Å². The molecule has 2 rings (SSSR count). The largest absolute Gasteiger partial charge is 0.195 e. The van der Waals surface area contributed by atoms with Crippen molar-refractivity contribution in [3.05, 3.63) is 54.1 Å². The normalized spacial score (nSPS) is 11.7. The van der Waals surface area contributed by atoms with Gasteiger partial charge in [0.2, 0.25) is 0 Å². The predicted octanol–water partition coefficient (Wildman–Crippen LogP) is 5.99. The van der Waals surface area contributed by atoms with Crippen LogP contribution in [-0.4, -0.2) is 5.16 Å². The summed E-state index contributed by atoms with van der Waals surface area (Å²) in [6.45, 7) is 4.52. The molecule has 0 spiro atoms. The summed E-state index contributed by atoms with van der Waals surface area (Å²) in [6.07, 6.45) is 2.47. The number of rotatable bonds is 5. The number of thiocarbonyl (C=S) groups is 1. The Morgan fingerprint density at radius 1 is 1.00 bits per heavy atom. The third-order valence-electron chi connectivity index (χ3n) is 3.58. The van der Waals surface area contributed by atoms with Crippen molar-refractivity contribution in [1.82, 2.24) is 0 Å². The maximum atomic E-state index is 4.60. The van der Waals surface area contributed by atoms with Crippen LogP contribution in [0.4, 0.5) is 5.69 Å². The molecule has 1 unspecified atom stereocenters. The van der Waals surface area contributed by atoms with Gasteiger partial charge < -0.3 is 0 Å². The zero-order valence-electron chi connectivity index (χ0n) is 12.0. The zero-order chi connectivity index (χ0) is 14.4. The van der Waals surface area contributed by atoms with Crippen LogP contribution in [0.25, 0.3) is 11.1 Å². The van der Waals surface area contributed by atoms with Crippen LogP contribution in [0.3, 0.4) is 0 Å². The van der Waals surface area contributed by atoms with Gasteiger partial charge >= 0.3 is 0 Å². The molecular weight excluding hydrogens is 262 g/mol. The fourth-order valence-corrected chi connectivity index (χ4v) is 2.49. The molecule has 0 fully saturated rings. The lowest BCUT2D eigenvalue weighted by Gasteiger charge is -2.11. The van der Waals surface area contributed by atoms with Crippen LogP contribution in [0, 0.1) is 0 Å². The lowest BCUT2D eigenvalue weighted by molar-refractivity contribution is 0.665. The van der Waals surface area contributed by atoms with Crippen LogP contribution in [0.5, 0.6) is 0 Å². The number of isothiocyanates is 1. The summed E-state index contributed by atoms with van der Waals surface area (Å²) in [5.41, 5.74) is 4.69. The summed E-state index contributed by atoms with van der Waals surface area (Å²) >= 11 is 4.60. The molecule has 0 saturated heterocycles. The third-order valence-corrected chi connectivity index (χ3v) is 3.67. The molecule has 0 radical (unpaired) electrons. The van der Waals surface area contributed by atoms with Crippen molar-refractivity contribution in [3.8, 4) is 11.1 Å². The monoisotopic (exact) mass is 281 g/mol. The molecule has 20 heavy (non-hydrogen) atoms. The van der Waals surface area contributed by atoms with E-state index in [4.69, 9.17) is 0 Å². The molecule has 1 nitrogen and oxygen atoms in total. The van der Waals surface area contributed by atoms with E-state index in [0.29, 0.717) is 5.92 Å². The number of hydrogen-bond acceptors (Lipinski definition) is 2. The van der Waals surface area contributed by atoms with Gasteiger partial charge in [-0.25, -0.2) is 0 Å². The van der Waals surface area contributed by atoms with E-state index < -0.39 is 0 Å². The lowest BCUT2D eigenvalue weighted by Crippen LogP contribution is -1.92. The maximum Gasteiger partial charge on any atom is 0.0739 e. The van der Waals surface area contributed by atoms with Crippen LogP contribution in [0.2, 0.25) is 0 Å². The summed E-state index contributed by atoms with van der Waals surface area (Å²) in [6, 6.07) is 16.9. The zero-order valence-corrected chi connectivity index (χ0v) is 12.8. The first-order chi connectivity index (χ1) is 9.74. The first-order valence-corrected chi connectivity index (χ1v) is 7.43. The highest BCUT2D eigenvalue weighted by Gasteiger charge is 2.04. The van der Waals surface area contributed by atoms with Crippen molar-refractivity contribution in [1.29, 1.82) is 0 Å². The summed E-state index contributed by atoms with van der Waals surface area (Å²) in [5, 5.41) is 2.38. The van der Waals surface area contributed by atoms with Crippen molar-refractivity contribution in [2.45, 2.75) is 32.6 Å². The van der Waals surface area contributed by atoms with Gasteiger partial charge in [-0.1, -0.05) is 56.7 Å². The molecule has 0 aliphatic carbocycles. The molecule has 102 valence electrons. The average Bonchev–Trinajstić information content (AvgIpc) is 2.49. The van der Waals surface area contributed by atoms with Gasteiger partial charge in [0, 0.05) is 0 Å². The van der Waals surface area contributed by atoms with Crippen molar-refractivity contribution in [2.24, 2.45) is 4.99 Å². The Labute approximate surface area is 126 Å². The maximum absolute atomic E-state index is 4.60. The fraction of sp³-hybridized carbons (Fsp3) is 0.278. The minimum Gasteiger partial charge on any atom is -0.195 e. The highest BCUT2D eigenvalue weighted by atomic mass is 32.1. The molecule has 2 heteroatoms. The van der Waals surface area contributed by atoms with Gasteiger partial charge in [-0.15, -0.1) is 0 Å². The Morgan fingerprint density at radius 2 is 1.55 bits per heavy atom. The Kier molecular flexibility index (Phi) is 5.23. The minimum absolute atomic E-state index is 0.633. The van der Waals surface area contributed by atoms with Crippen LogP contribution >= 0.6 is 12.2 Å². The van der Waals surface area contributed by atoms with E-state index in [2.05, 4.69) is 72.6 Å². The third kappa shape index (κ3) is 3.63. The molecule has 0 aliphatic rings. The van der Waals surface area contributed by atoms with Crippen molar-refractivity contribution in [2.75, 3.05) is 0 Å². The van der Waals surface area contributed by atoms with Gasteiger partial charge in [0.15, 0.2) is 0 Å². The van der Waals surface area contributed by atoms with Crippen molar-refractivity contribution in [3.63, 3.8) is 0 Å². The molecule has 2 aromatic carbocycles. The molecule has 0 N–H and O–H groups in total. The second kappa shape index (κ2) is 7.14.